The Hall–Kier alpha value is -2.28. The summed E-state index contributed by atoms with van der Waals surface area (Å²) in [6, 6.07) is 23.9. The molecule has 0 heterocycles. The van der Waals surface area contributed by atoms with Gasteiger partial charge in [0.1, 0.15) is 0 Å². The van der Waals surface area contributed by atoms with Gasteiger partial charge in [0.15, 0.2) is 0 Å². The number of fused-ring (bicyclic) bond motifs is 1. The van der Waals surface area contributed by atoms with Crippen LogP contribution in [0.2, 0.25) is 0 Å². The van der Waals surface area contributed by atoms with Crippen molar-refractivity contribution in [1.29, 1.82) is 0 Å². The zero-order valence-corrected chi connectivity index (χ0v) is 15.3. The molecule has 3 rings (SSSR count). The van der Waals surface area contributed by atoms with E-state index in [1.807, 2.05) is 0 Å². The van der Waals surface area contributed by atoms with E-state index in [9.17, 15) is 0 Å². The summed E-state index contributed by atoms with van der Waals surface area (Å²) in [6.45, 7) is 3.32. The number of nitrogens with one attached hydrogen (secondary N) is 1. The fourth-order valence-electron chi connectivity index (χ4n) is 3.46. The predicted molar refractivity (Wildman–Crippen MR) is 111 cm³/mol. The summed E-state index contributed by atoms with van der Waals surface area (Å²) in [7, 11) is 0. The molecule has 3 aromatic rings. The van der Waals surface area contributed by atoms with Crippen molar-refractivity contribution in [3.63, 3.8) is 0 Å². The first-order valence-electron chi connectivity index (χ1n) is 9.71. The fourth-order valence-corrected chi connectivity index (χ4v) is 3.46. The van der Waals surface area contributed by atoms with E-state index in [4.69, 9.17) is 0 Å². The highest BCUT2D eigenvalue weighted by atomic mass is 14.9. The van der Waals surface area contributed by atoms with Crippen LogP contribution in [0.5, 0.6) is 0 Å². The van der Waals surface area contributed by atoms with Crippen LogP contribution in [0.25, 0.3) is 21.9 Å². The molecule has 1 N–H and O–H groups in total. The topological polar surface area (TPSA) is 12.0 Å². The molecule has 0 amide bonds. The Balaban J connectivity index is 1.76. The second kappa shape index (κ2) is 9.27. The summed E-state index contributed by atoms with van der Waals surface area (Å²) >= 11 is 0. The van der Waals surface area contributed by atoms with E-state index in [-0.39, 0.29) is 0 Å². The number of hydrogen-bond donors (Lipinski definition) is 1. The number of anilines is 1. The first-order chi connectivity index (χ1) is 12.4. The molecule has 0 spiro atoms. The average Bonchev–Trinajstić information content (AvgIpc) is 2.67. The number of unbranched alkanes of at least 4 members (excludes halogenated alkanes) is 5. The smallest absolute Gasteiger partial charge is 0.0426 e. The summed E-state index contributed by atoms with van der Waals surface area (Å²) in [5.41, 5.74) is 3.85. The van der Waals surface area contributed by atoms with Crippen molar-refractivity contribution in [2.24, 2.45) is 0 Å². The molecule has 0 radical (unpaired) electrons. The third-order valence-corrected chi connectivity index (χ3v) is 4.84. The average molecular weight is 332 g/mol. The van der Waals surface area contributed by atoms with E-state index in [2.05, 4.69) is 79.0 Å². The van der Waals surface area contributed by atoms with Crippen LogP contribution in [-0.2, 0) is 0 Å². The minimum atomic E-state index is 1.05. The van der Waals surface area contributed by atoms with Gasteiger partial charge >= 0.3 is 0 Å². The van der Waals surface area contributed by atoms with Crippen LogP contribution >= 0.6 is 0 Å². The van der Waals surface area contributed by atoms with E-state index in [1.54, 1.807) is 0 Å². The van der Waals surface area contributed by atoms with Crippen molar-refractivity contribution >= 4 is 16.5 Å². The second-order valence-electron chi connectivity index (χ2n) is 6.77. The largest absolute Gasteiger partial charge is 0.385 e. The van der Waals surface area contributed by atoms with Gasteiger partial charge in [-0.25, -0.2) is 0 Å². The summed E-state index contributed by atoms with van der Waals surface area (Å²) in [5, 5.41) is 6.31. The van der Waals surface area contributed by atoms with Crippen LogP contribution in [-0.4, -0.2) is 6.54 Å². The summed E-state index contributed by atoms with van der Waals surface area (Å²) in [6.07, 6.45) is 7.98. The van der Waals surface area contributed by atoms with Crippen LogP contribution in [0.3, 0.4) is 0 Å². The number of rotatable bonds is 9. The Labute approximate surface area is 152 Å². The Morgan fingerprint density at radius 3 is 2.24 bits per heavy atom. The van der Waals surface area contributed by atoms with Crippen LogP contribution in [0.4, 0.5) is 5.69 Å². The van der Waals surface area contributed by atoms with Crippen LogP contribution < -0.4 is 5.32 Å². The van der Waals surface area contributed by atoms with E-state index in [1.165, 1.54) is 66.1 Å². The highest BCUT2D eigenvalue weighted by Gasteiger charge is 2.09. The number of benzene rings is 3. The van der Waals surface area contributed by atoms with Crippen LogP contribution in [0, 0.1) is 0 Å². The quantitative estimate of drug-likeness (QED) is 0.406. The van der Waals surface area contributed by atoms with Crippen molar-refractivity contribution in [3.8, 4) is 11.1 Å². The van der Waals surface area contributed by atoms with Crippen molar-refractivity contribution in [3.05, 3.63) is 66.7 Å². The summed E-state index contributed by atoms with van der Waals surface area (Å²) < 4.78 is 0. The lowest BCUT2D eigenvalue weighted by molar-refractivity contribution is 0.617. The summed E-state index contributed by atoms with van der Waals surface area (Å²) in [4.78, 5) is 0. The minimum absolute atomic E-state index is 1.05. The van der Waals surface area contributed by atoms with E-state index < -0.39 is 0 Å². The molecule has 0 atom stereocenters. The molecule has 0 saturated carbocycles. The first kappa shape index (κ1) is 17.5. The highest BCUT2D eigenvalue weighted by Crippen LogP contribution is 2.35. The van der Waals surface area contributed by atoms with E-state index in [0.717, 1.165) is 6.54 Å². The van der Waals surface area contributed by atoms with Gasteiger partial charge in [-0.15, -0.1) is 0 Å². The maximum Gasteiger partial charge on any atom is 0.0426 e. The van der Waals surface area contributed by atoms with Gasteiger partial charge in [0, 0.05) is 17.8 Å². The van der Waals surface area contributed by atoms with Crippen molar-refractivity contribution in [2.75, 3.05) is 11.9 Å². The molecule has 0 aliphatic rings. The molecule has 0 saturated heterocycles. The van der Waals surface area contributed by atoms with Gasteiger partial charge < -0.3 is 5.32 Å². The molecule has 0 unspecified atom stereocenters. The SMILES string of the molecule is CCCCCCCCNc1ccc2ccccc2c1-c1ccccc1. The van der Waals surface area contributed by atoms with Crippen LogP contribution in [0.1, 0.15) is 45.4 Å². The standard InChI is InChI=1S/C24H29N/c1-2-3-4-5-6-12-19-25-23-18-17-20-13-10-11-16-22(20)24(23)21-14-8-7-9-15-21/h7-11,13-18,25H,2-6,12,19H2,1H3. The summed E-state index contributed by atoms with van der Waals surface area (Å²) in [5.74, 6) is 0. The molecule has 0 aliphatic carbocycles. The van der Waals surface area contributed by atoms with Crippen molar-refractivity contribution in [1.82, 2.24) is 0 Å². The molecule has 1 nitrogen and oxygen atoms in total. The molecule has 0 fully saturated rings. The van der Waals surface area contributed by atoms with Crippen LogP contribution in [0.15, 0.2) is 66.7 Å². The van der Waals surface area contributed by atoms with Crippen molar-refractivity contribution in [2.45, 2.75) is 45.4 Å². The lowest BCUT2D eigenvalue weighted by atomic mass is 9.96. The van der Waals surface area contributed by atoms with E-state index >= 15 is 0 Å². The Bertz CT molecular complexity index is 776. The Kier molecular flexibility index (Phi) is 6.50. The lowest BCUT2D eigenvalue weighted by Gasteiger charge is -2.15. The van der Waals surface area contributed by atoms with E-state index in [0.29, 0.717) is 0 Å². The number of hydrogen-bond acceptors (Lipinski definition) is 1. The van der Waals surface area contributed by atoms with Gasteiger partial charge in [-0.1, -0.05) is 99.7 Å². The maximum atomic E-state index is 3.69. The predicted octanol–water partition coefficient (Wildman–Crippen LogP) is 7.28. The Morgan fingerprint density at radius 1 is 0.680 bits per heavy atom. The van der Waals surface area contributed by atoms with Gasteiger partial charge in [-0.3, -0.25) is 0 Å². The lowest BCUT2D eigenvalue weighted by Crippen LogP contribution is -2.03. The first-order valence-corrected chi connectivity index (χ1v) is 9.71. The molecule has 0 bridgehead atoms. The monoisotopic (exact) mass is 331 g/mol. The maximum absolute atomic E-state index is 3.69. The third kappa shape index (κ3) is 4.63. The molecule has 130 valence electrons. The second-order valence-corrected chi connectivity index (χ2v) is 6.77. The fraction of sp³-hybridized carbons (Fsp3) is 0.333. The van der Waals surface area contributed by atoms with Crippen molar-refractivity contribution < 1.29 is 0 Å². The van der Waals surface area contributed by atoms with Gasteiger partial charge in [0.05, 0.1) is 0 Å². The minimum Gasteiger partial charge on any atom is -0.385 e. The van der Waals surface area contributed by atoms with Gasteiger partial charge in [0.25, 0.3) is 0 Å². The molecule has 25 heavy (non-hydrogen) atoms. The highest BCUT2D eigenvalue weighted by molar-refractivity contribution is 6.02. The molecule has 3 aromatic carbocycles. The Morgan fingerprint density at radius 2 is 1.40 bits per heavy atom. The normalized spacial score (nSPS) is 10.9. The zero-order valence-electron chi connectivity index (χ0n) is 15.3. The third-order valence-electron chi connectivity index (χ3n) is 4.84. The molecular formula is C24H29N. The van der Waals surface area contributed by atoms with Gasteiger partial charge in [-0.2, -0.15) is 0 Å². The van der Waals surface area contributed by atoms with Gasteiger partial charge in [0.2, 0.25) is 0 Å². The molecule has 1 heteroatoms. The molecular weight excluding hydrogens is 302 g/mol. The molecule has 0 aromatic heterocycles. The zero-order chi connectivity index (χ0) is 17.3. The van der Waals surface area contributed by atoms with Gasteiger partial charge in [-0.05, 0) is 28.8 Å². The molecule has 0 aliphatic heterocycles.